The molecule has 0 saturated carbocycles. The van der Waals surface area contributed by atoms with E-state index in [4.69, 9.17) is 28.3 Å². The van der Waals surface area contributed by atoms with Crippen LogP contribution in [0.25, 0.3) is 11.3 Å². The lowest BCUT2D eigenvalue weighted by Gasteiger charge is -2.15. The Morgan fingerprint density at radius 3 is 2.39 bits per heavy atom. The second-order valence-corrected chi connectivity index (χ2v) is 11.5. The number of thioether (sulfide) groups is 1. The van der Waals surface area contributed by atoms with Gasteiger partial charge in [-0.2, -0.15) is 0 Å². The normalized spacial score (nSPS) is 11.5. The number of anilines is 2. The van der Waals surface area contributed by atoms with Crippen molar-refractivity contribution in [3.63, 3.8) is 0 Å². The Morgan fingerprint density at radius 1 is 0.927 bits per heavy atom. The highest BCUT2D eigenvalue weighted by Gasteiger charge is 2.21. The molecule has 13 heteroatoms. The fraction of sp³-hybridized carbons (Fsp3) is 0.107. The molecule has 4 rings (SSSR count). The van der Waals surface area contributed by atoms with Crippen LogP contribution in [-0.2, 0) is 4.79 Å². The van der Waals surface area contributed by atoms with Gasteiger partial charge in [0.1, 0.15) is 0 Å². The van der Waals surface area contributed by atoms with E-state index in [2.05, 4.69) is 15.6 Å². The quantitative estimate of drug-likeness (QED) is 0.134. The molecule has 1 heterocycles. The summed E-state index contributed by atoms with van der Waals surface area (Å²) in [6, 6.07) is 15.2. The Hall–Kier alpha value is -3.90. The van der Waals surface area contributed by atoms with E-state index >= 15 is 0 Å². The molecule has 3 aromatic carbocycles. The summed E-state index contributed by atoms with van der Waals surface area (Å²) in [4.78, 5) is 53.9. The predicted molar refractivity (Wildman–Crippen MR) is 161 cm³/mol. The number of aromatic carboxylic acids is 2. The van der Waals surface area contributed by atoms with Gasteiger partial charge in [-0.05, 0) is 55.0 Å². The van der Waals surface area contributed by atoms with Crippen molar-refractivity contribution in [3.05, 3.63) is 92.8 Å². The minimum atomic E-state index is -1.43. The number of carboxylic acid groups (broad SMARTS) is 2. The number of benzene rings is 3. The largest absolute Gasteiger partial charge is 0.478 e. The van der Waals surface area contributed by atoms with Crippen molar-refractivity contribution in [1.82, 2.24) is 4.98 Å². The summed E-state index contributed by atoms with van der Waals surface area (Å²) >= 11 is 14.7. The zero-order valence-corrected chi connectivity index (χ0v) is 24.3. The average Bonchev–Trinajstić information content (AvgIpc) is 3.41. The van der Waals surface area contributed by atoms with Crippen molar-refractivity contribution >= 4 is 80.9 Å². The Kier molecular flexibility index (Phi) is 9.66. The van der Waals surface area contributed by atoms with Gasteiger partial charge in [0.25, 0.3) is 5.91 Å². The van der Waals surface area contributed by atoms with Crippen molar-refractivity contribution in [1.29, 1.82) is 0 Å². The highest BCUT2D eigenvalue weighted by Crippen LogP contribution is 2.32. The molecule has 0 radical (unpaired) electrons. The lowest BCUT2D eigenvalue weighted by Crippen LogP contribution is -2.24. The van der Waals surface area contributed by atoms with Crippen molar-refractivity contribution in [2.24, 2.45) is 0 Å². The minimum Gasteiger partial charge on any atom is -0.478 e. The standard InChI is InChI=1S/C28H21Cl2N3O6S2/c1-2-23(25(35)33-28-32-22(13-40-28)14-7-9-20(29)21(30)11-14)41-17-5-3-4-16(12-17)31-24(34)18-8-6-15(26(36)37)10-19(18)27(38)39/h3-13,23H,2H2,1H3,(H,31,34)(H,36,37)(H,38,39)(H,32,33,35). The maximum atomic E-state index is 13.0. The first-order chi connectivity index (χ1) is 19.5. The van der Waals surface area contributed by atoms with Gasteiger partial charge in [0.2, 0.25) is 5.91 Å². The summed E-state index contributed by atoms with van der Waals surface area (Å²) < 4.78 is 0. The second kappa shape index (κ2) is 13.2. The zero-order valence-electron chi connectivity index (χ0n) is 21.2. The van der Waals surface area contributed by atoms with E-state index < -0.39 is 28.7 Å². The Morgan fingerprint density at radius 2 is 1.71 bits per heavy atom. The van der Waals surface area contributed by atoms with Crippen LogP contribution >= 0.6 is 46.3 Å². The van der Waals surface area contributed by atoms with Crippen LogP contribution in [0.5, 0.6) is 0 Å². The number of thiazole rings is 1. The van der Waals surface area contributed by atoms with Gasteiger partial charge < -0.3 is 20.8 Å². The number of hydrogen-bond donors (Lipinski definition) is 4. The smallest absolute Gasteiger partial charge is 0.336 e. The number of aromatic nitrogens is 1. The number of carbonyl (C=O) groups excluding carboxylic acids is 2. The summed E-state index contributed by atoms with van der Waals surface area (Å²) in [6.07, 6.45) is 0.510. The molecule has 1 atom stereocenters. The lowest BCUT2D eigenvalue weighted by molar-refractivity contribution is -0.115. The highest BCUT2D eigenvalue weighted by molar-refractivity contribution is 8.00. The molecule has 4 aromatic rings. The number of carboxylic acids is 2. The molecule has 9 nitrogen and oxygen atoms in total. The van der Waals surface area contributed by atoms with Gasteiger partial charge in [0.15, 0.2) is 5.13 Å². The summed E-state index contributed by atoms with van der Waals surface area (Å²) in [5, 5.41) is 26.7. The molecule has 0 aliphatic carbocycles. The number of nitrogens with one attached hydrogen (secondary N) is 2. The predicted octanol–water partition coefficient (Wildman–Crippen LogP) is 7.28. The molecule has 0 saturated heterocycles. The van der Waals surface area contributed by atoms with Crippen molar-refractivity contribution in [2.75, 3.05) is 10.6 Å². The Labute approximate surface area is 252 Å². The number of rotatable bonds is 10. The molecule has 0 bridgehead atoms. The molecule has 4 N–H and O–H groups in total. The molecule has 1 unspecified atom stereocenters. The SMILES string of the molecule is CCC(Sc1cccc(NC(=O)c2ccc(C(=O)O)cc2C(=O)O)c1)C(=O)Nc1nc(-c2ccc(Cl)c(Cl)c2)cs1. The van der Waals surface area contributed by atoms with E-state index in [1.807, 2.05) is 6.92 Å². The molecule has 0 aliphatic rings. The number of halogens is 2. The fourth-order valence-electron chi connectivity index (χ4n) is 3.69. The molecule has 0 fully saturated rings. The first-order valence-corrected chi connectivity index (χ1v) is 14.5. The number of hydrogen-bond acceptors (Lipinski definition) is 7. The molecule has 0 spiro atoms. The minimum absolute atomic E-state index is 0.185. The highest BCUT2D eigenvalue weighted by atomic mass is 35.5. The number of carbonyl (C=O) groups is 4. The molecular formula is C28H21Cl2N3O6S2. The third-order valence-corrected chi connectivity index (χ3v) is 8.58. The first kappa shape index (κ1) is 30.1. The van der Waals surface area contributed by atoms with Gasteiger partial charge in [-0.3, -0.25) is 9.59 Å². The molecule has 41 heavy (non-hydrogen) atoms. The molecular weight excluding hydrogens is 609 g/mol. The van der Waals surface area contributed by atoms with Gasteiger partial charge in [-0.15, -0.1) is 23.1 Å². The third-order valence-electron chi connectivity index (χ3n) is 5.72. The van der Waals surface area contributed by atoms with Crippen LogP contribution in [-0.4, -0.2) is 44.2 Å². The lowest BCUT2D eigenvalue weighted by atomic mass is 10.0. The summed E-state index contributed by atoms with van der Waals surface area (Å²) in [5.74, 6) is -3.69. The zero-order chi connectivity index (χ0) is 29.7. The van der Waals surface area contributed by atoms with E-state index in [1.165, 1.54) is 23.1 Å². The van der Waals surface area contributed by atoms with Crippen LogP contribution < -0.4 is 10.6 Å². The van der Waals surface area contributed by atoms with Crippen LogP contribution in [0, 0.1) is 0 Å². The van der Waals surface area contributed by atoms with E-state index in [9.17, 15) is 24.3 Å². The maximum absolute atomic E-state index is 13.0. The van der Waals surface area contributed by atoms with E-state index in [1.54, 1.807) is 47.8 Å². The fourth-order valence-corrected chi connectivity index (χ4v) is 5.72. The van der Waals surface area contributed by atoms with Crippen LogP contribution in [0.3, 0.4) is 0 Å². The molecule has 2 amide bonds. The Balaban J connectivity index is 1.44. The second-order valence-electron chi connectivity index (χ2n) is 8.52. The Bertz CT molecular complexity index is 1660. The van der Waals surface area contributed by atoms with Gasteiger partial charge in [0.05, 0.1) is 37.7 Å². The summed E-state index contributed by atoms with van der Waals surface area (Å²) in [6.45, 7) is 1.88. The monoisotopic (exact) mass is 629 g/mol. The molecule has 0 aliphatic heterocycles. The van der Waals surface area contributed by atoms with Crippen molar-refractivity contribution in [2.45, 2.75) is 23.5 Å². The van der Waals surface area contributed by atoms with Crippen LogP contribution in [0.4, 0.5) is 10.8 Å². The summed E-state index contributed by atoms with van der Waals surface area (Å²) in [5.41, 5.74) is 0.932. The maximum Gasteiger partial charge on any atom is 0.336 e. The van der Waals surface area contributed by atoms with Crippen LogP contribution in [0.1, 0.15) is 44.4 Å². The van der Waals surface area contributed by atoms with Crippen molar-refractivity contribution in [3.8, 4) is 11.3 Å². The number of nitrogens with zero attached hydrogens (tertiary/aromatic N) is 1. The molecule has 210 valence electrons. The topological polar surface area (TPSA) is 146 Å². The first-order valence-electron chi connectivity index (χ1n) is 12.0. The van der Waals surface area contributed by atoms with E-state index in [0.717, 1.165) is 23.8 Å². The summed E-state index contributed by atoms with van der Waals surface area (Å²) in [7, 11) is 0. The average molecular weight is 631 g/mol. The van der Waals surface area contributed by atoms with E-state index in [-0.39, 0.29) is 17.0 Å². The van der Waals surface area contributed by atoms with Gasteiger partial charge >= 0.3 is 11.9 Å². The number of amides is 2. The van der Waals surface area contributed by atoms with E-state index in [0.29, 0.717) is 37.9 Å². The van der Waals surface area contributed by atoms with Crippen LogP contribution in [0.2, 0.25) is 10.0 Å². The van der Waals surface area contributed by atoms with Crippen LogP contribution in [0.15, 0.2) is 70.9 Å². The van der Waals surface area contributed by atoms with Gasteiger partial charge in [0, 0.05) is 21.5 Å². The van der Waals surface area contributed by atoms with Crippen molar-refractivity contribution < 1.29 is 29.4 Å². The third kappa shape index (κ3) is 7.44. The molecule has 1 aromatic heterocycles. The van der Waals surface area contributed by atoms with Gasteiger partial charge in [-0.25, -0.2) is 14.6 Å². The van der Waals surface area contributed by atoms with Gasteiger partial charge in [-0.1, -0.05) is 42.3 Å².